The number of halogens is 1. The fraction of sp³-hybridized carbons (Fsp3) is 0.308. The summed E-state index contributed by atoms with van der Waals surface area (Å²) in [5.41, 5.74) is 0.734. The Hall–Kier alpha value is -1.29. The second-order valence-electron chi connectivity index (χ2n) is 3.36. The number of carbonyl (C=O) groups is 1. The lowest BCUT2D eigenvalue weighted by Crippen LogP contribution is -1.92. The highest BCUT2D eigenvalue weighted by Crippen LogP contribution is 2.17. The third-order valence-corrected chi connectivity index (χ3v) is 2.66. The van der Waals surface area contributed by atoms with Crippen molar-refractivity contribution in [1.82, 2.24) is 0 Å². The van der Waals surface area contributed by atoms with E-state index in [2.05, 4.69) is 0 Å². The van der Waals surface area contributed by atoms with Gasteiger partial charge in [0.15, 0.2) is 5.12 Å². The molecule has 1 rings (SSSR count). The van der Waals surface area contributed by atoms with Gasteiger partial charge in [-0.05, 0) is 24.6 Å². The second-order valence-corrected chi connectivity index (χ2v) is 4.56. The van der Waals surface area contributed by atoms with Crippen LogP contribution in [0.3, 0.4) is 0 Å². The first-order chi connectivity index (χ1) is 8.11. The maximum absolute atomic E-state index is 13.2. The molecule has 0 aliphatic rings. The van der Waals surface area contributed by atoms with Gasteiger partial charge in [-0.1, -0.05) is 23.9 Å². The van der Waals surface area contributed by atoms with E-state index in [1.165, 1.54) is 30.8 Å². The second kappa shape index (κ2) is 7.12. The van der Waals surface area contributed by atoms with E-state index >= 15 is 0 Å². The topological polar surface area (TPSA) is 26.3 Å². The molecule has 4 heteroatoms. The van der Waals surface area contributed by atoms with Crippen LogP contribution in [0.5, 0.6) is 5.75 Å². The maximum atomic E-state index is 13.2. The number of hydrogen-bond acceptors (Lipinski definition) is 3. The van der Waals surface area contributed by atoms with Gasteiger partial charge in [-0.25, -0.2) is 4.39 Å². The minimum absolute atomic E-state index is 0.0731. The number of benzene rings is 1. The third kappa shape index (κ3) is 5.54. The van der Waals surface area contributed by atoms with Gasteiger partial charge in [0.2, 0.25) is 0 Å². The van der Waals surface area contributed by atoms with Crippen molar-refractivity contribution >= 4 is 23.0 Å². The van der Waals surface area contributed by atoms with Crippen LogP contribution in [-0.4, -0.2) is 17.5 Å². The molecule has 0 N–H and O–H groups in total. The van der Waals surface area contributed by atoms with Crippen molar-refractivity contribution < 1.29 is 13.9 Å². The number of ether oxygens (including phenoxy) is 1. The molecule has 0 unspecified atom stereocenters. The Labute approximate surface area is 105 Å². The maximum Gasteiger partial charge on any atom is 0.186 e. The lowest BCUT2D eigenvalue weighted by Gasteiger charge is -2.04. The molecule has 0 saturated carbocycles. The molecular weight excluding hydrogens is 239 g/mol. The molecule has 0 saturated heterocycles. The molecule has 1 aromatic carbocycles. The first kappa shape index (κ1) is 13.8. The Morgan fingerprint density at radius 3 is 2.88 bits per heavy atom. The van der Waals surface area contributed by atoms with E-state index in [-0.39, 0.29) is 10.9 Å². The summed E-state index contributed by atoms with van der Waals surface area (Å²) in [6, 6.07) is 4.55. The van der Waals surface area contributed by atoms with E-state index in [9.17, 15) is 9.18 Å². The van der Waals surface area contributed by atoms with Gasteiger partial charge in [-0.3, -0.25) is 4.79 Å². The zero-order valence-electron chi connectivity index (χ0n) is 9.90. The van der Waals surface area contributed by atoms with Gasteiger partial charge >= 0.3 is 0 Å². The number of hydrogen-bond donors (Lipinski definition) is 0. The van der Waals surface area contributed by atoms with E-state index in [4.69, 9.17) is 4.74 Å². The molecule has 92 valence electrons. The van der Waals surface area contributed by atoms with Gasteiger partial charge in [0.1, 0.15) is 11.6 Å². The van der Waals surface area contributed by atoms with Crippen molar-refractivity contribution in [3.05, 3.63) is 35.7 Å². The summed E-state index contributed by atoms with van der Waals surface area (Å²) in [6.07, 6.45) is 3.61. The standard InChI is InChI=1S/C13H15FO2S/c1-3-16-13-8-11(7-12(14)9-13)5-4-6-17-10(2)15/h4-5,7-9H,3,6H2,1-2H3. The van der Waals surface area contributed by atoms with Gasteiger partial charge in [-0.15, -0.1) is 0 Å². The molecule has 0 atom stereocenters. The Kier molecular flexibility index (Phi) is 5.77. The molecule has 0 aliphatic heterocycles. The molecule has 0 heterocycles. The van der Waals surface area contributed by atoms with Crippen molar-refractivity contribution in [2.75, 3.05) is 12.4 Å². The highest BCUT2D eigenvalue weighted by molar-refractivity contribution is 8.13. The molecule has 0 amide bonds. The average molecular weight is 254 g/mol. The third-order valence-electron chi connectivity index (χ3n) is 1.90. The van der Waals surface area contributed by atoms with Gasteiger partial charge in [0.05, 0.1) is 6.61 Å². The van der Waals surface area contributed by atoms with E-state index in [0.717, 1.165) is 5.56 Å². The SMILES string of the molecule is CCOc1cc(F)cc(C=CCSC(C)=O)c1. The number of carbonyl (C=O) groups excluding carboxylic acids is 1. The van der Waals surface area contributed by atoms with Crippen molar-refractivity contribution in [1.29, 1.82) is 0 Å². The van der Waals surface area contributed by atoms with Crippen LogP contribution in [-0.2, 0) is 4.79 Å². The molecule has 0 radical (unpaired) electrons. The van der Waals surface area contributed by atoms with Crippen molar-refractivity contribution in [2.24, 2.45) is 0 Å². The summed E-state index contributed by atoms with van der Waals surface area (Å²) in [4.78, 5) is 10.7. The summed E-state index contributed by atoms with van der Waals surface area (Å²) < 4.78 is 18.5. The highest BCUT2D eigenvalue weighted by atomic mass is 32.2. The Bertz CT molecular complexity index is 416. The van der Waals surface area contributed by atoms with Crippen molar-refractivity contribution in [2.45, 2.75) is 13.8 Å². The zero-order chi connectivity index (χ0) is 12.7. The normalized spacial score (nSPS) is 10.8. The number of rotatable bonds is 5. The average Bonchev–Trinajstić information content (AvgIpc) is 2.24. The Morgan fingerprint density at radius 2 is 2.24 bits per heavy atom. The summed E-state index contributed by atoms with van der Waals surface area (Å²) >= 11 is 1.22. The lowest BCUT2D eigenvalue weighted by atomic mass is 10.2. The molecule has 0 bridgehead atoms. The van der Waals surface area contributed by atoms with E-state index in [1.54, 1.807) is 12.1 Å². The van der Waals surface area contributed by atoms with Crippen LogP contribution < -0.4 is 4.74 Å². The van der Waals surface area contributed by atoms with Crippen LogP contribution in [0.4, 0.5) is 4.39 Å². The largest absolute Gasteiger partial charge is 0.494 e. The van der Waals surface area contributed by atoms with Crippen molar-refractivity contribution in [3.63, 3.8) is 0 Å². The summed E-state index contributed by atoms with van der Waals surface area (Å²) in [5, 5.41) is 0.0731. The number of thioether (sulfide) groups is 1. The van der Waals surface area contributed by atoms with Crippen molar-refractivity contribution in [3.8, 4) is 5.75 Å². The molecule has 0 aliphatic carbocycles. The quantitative estimate of drug-likeness (QED) is 0.804. The van der Waals surface area contributed by atoms with Gasteiger partial charge in [-0.2, -0.15) is 0 Å². The highest BCUT2D eigenvalue weighted by Gasteiger charge is 1.99. The molecule has 0 fully saturated rings. The summed E-state index contributed by atoms with van der Waals surface area (Å²) in [5.74, 6) is 0.789. The van der Waals surface area contributed by atoms with Crippen LogP contribution in [0.15, 0.2) is 24.3 Å². The summed E-state index contributed by atoms with van der Waals surface area (Å²) in [7, 11) is 0. The lowest BCUT2D eigenvalue weighted by molar-refractivity contribution is -0.109. The first-order valence-corrected chi connectivity index (χ1v) is 6.33. The van der Waals surface area contributed by atoms with Crippen LogP contribution in [0.25, 0.3) is 6.08 Å². The fourth-order valence-electron chi connectivity index (χ4n) is 1.28. The Balaban J connectivity index is 2.66. The molecule has 17 heavy (non-hydrogen) atoms. The zero-order valence-corrected chi connectivity index (χ0v) is 10.7. The summed E-state index contributed by atoms with van der Waals surface area (Å²) in [6.45, 7) is 3.88. The van der Waals surface area contributed by atoms with Gasteiger partial charge < -0.3 is 4.74 Å². The smallest absolute Gasteiger partial charge is 0.186 e. The van der Waals surface area contributed by atoms with E-state index < -0.39 is 0 Å². The fourth-order valence-corrected chi connectivity index (χ4v) is 1.71. The van der Waals surface area contributed by atoms with Crippen LogP contribution in [0, 0.1) is 5.82 Å². The molecule has 0 spiro atoms. The van der Waals surface area contributed by atoms with Crippen LogP contribution in [0.1, 0.15) is 19.4 Å². The predicted octanol–water partition coefficient (Wildman–Crippen LogP) is 3.52. The van der Waals surface area contributed by atoms with Crippen LogP contribution >= 0.6 is 11.8 Å². The molecular formula is C13H15FO2S. The minimum atomic E-state index is -0.324. The Morgan fingerprint density at radius 1 is 1.47 bits per heavy atom. The predicted molar refractivity (Wildman–Crippen MR) is 69.7 cm³/mol. The molecule has 0 aromatic heterocycles. The van der Waals surface area contributed by atoms with Crippen LogP contribution in [0.2, 0.25) is 0 Å². The van der Waals surface area contributed by atoms with Gasteiger partial charge in [0.25, 0.3) is 0 Å². The molecule has 2 nitrogen and oxygen atoms in total. The molecule has 1 aromatic rings. The first-order valence-electron chi connectivity index (χ1n) is 5.35. The minimum Gasteiger partial charge on any atom is -0.494 e. The monoisotopic (exact) mass is 254 g/mol. The van der Waals surface area contributed by atoms with E-state index in [1.807, 2.05) is 13.0 Å². The van der Waals surface area contributed by atoms with Gasteiger partial charge in [0, 0.05) is 18.7 Å². The van der Waals surface area contributed by atoms with E-state index in [0.29, 0.717) is 18.1 Å².